The first-order valence-corrected chi connectivity index (χ1v) is 5.56. The summed E-state index contributed by atoms with van der Waals surface area (Å²) < 4.78 is 1.83. The molecule has 1 rings (SSSR count). The summed E-state index contributed by atoms with van der Waals surface area (Å²) in [4.78, 5) is 17.6. The highest BCUT2D eigenvalue weighted by atomic mass is 16.2. The molecule has 0 aromatic carbocycles. The lowest BCUT2D eigenvalue weighted by Crippen LogP contribution is -2.29. The maximum atomic E-state index is 11.6. The van der Waals surface area contributed by atoms with Crippen molar-refractivity contribution in [2.24, 2.45) is 0 Å². The van der Waals surface area contributed by atoms with E-state index in [4.69, 9.17) is 0 Å². The van der Waals surface area contributed by atoms with Crippen molar-refractivity contribution in [3.63, 3.8) is 0 Å². The molecule has 1 N–H and O–H groups in total. The molecule has 0 unspecified atom stereocenters. The molecule has 0 aliphatic rings. The van der Waals surface area contributed by atoms with Crippen molar-refractivity contribution >= 4 is 5.91 Å². The molecule has 0 spiro atoms. The average Bonchev–Trinajstić information content (AvgIpc) is 2.72. The van der Waals surface area contributed by atoms with Gasteiger partial charge in [-0.2, -0.15) is 0 Å². The Morgan fingerprint density at radius 2 is 2.38 bits per heavy atom. The van der Waals surface area contributed by atoms with E-state index >= 15 is 0 Å². The fourth-order valence-electron chi connectivity index (χ4n) is 1.33. The van der Waals surface area contributed by atoms with Crippen LogP contribution in [0.1, 0.15) is 12.6 Å². The maximum absolute atomic E-state index is 11.6. The molecule has 1 aromatic rings. The van der Waals surface area contributed by atoms with E-state index in [0.29, 0.717) is 6.54 Å². The number of likely N-dealkylation sites (N-methyl/N-ethyl adjacent to an activating group) is 2. The number of amides is 1. The van der Waals surface area contributed by atoms with E-state index in [0.717, 1.165) is 25.2 Å². The van der Waals surface area contributed by atoms with E-state index < -0.39 is 0 Å². The van der Waals surface area contributed by atoms with E-state index in [9.17, 15) is 4.79 Å². The number of rotatable bonds is 6. The molecule has 1 amide bonds. The molecule has 1 heterocycles. The predicted octanol–water partition coefficient (Wildman–Crippen LogP) is 0.123. The van der Waals surface area contributed by atoms with Gasteiger partial charge >= 0.3 is 0 Å². The molecule has 0 saturated heterocycles. The molecule has 0 fully saturated rings. The second-order valence-electron chi connectivity index (χ2n) is 3.80. The zero-order chi connectivity index (χ0) is 12.0. The number of hydrogen-bond donors (Lipinski definition) is 1. The highest BCUT2D eigenvalue weighted by Crippen LogP contribution is 1.98. The van der Waals surface area contributed by atoms with Gasteiger partial charge in [-0.1, -0.05) is 0 Å². The largest absolute Gasteiger partial charge is 0.344 e. The third-order valence-electron chi connectivity index (χ3n) is 2.54. The van der Waals surface area contributed by atoms with Crippen molar-refractivity contribution in [2.75, 3.05) is 27.2 Å². The first kappa shape index (κ1) is 12.7. The molecule has 5 nitrogen and oxygen atoms in total. The SMILES string of the molecule is CCN(C)C(=O)Cn1cnc(CCNC)c1. The van der Waals surface area contributed by atoms with Gasteiger partial charge in [-0.3, -0.25) is 4.79 Å². The van der Waals surface area contributed by atoms with Crippen LogP contribution in [0.2, 0.25) is 0 Å². The summed E-state index contributed by atoms with van der Waals surface area (Å²) >= 11 is 0. The first-order valence-electron chi connectivity index (χ1n) is 5.56. The second kappa shape index (κ2) is 6.27. The van der Waals surface area contributed by atoms with Crippen LogP contribution in [-0.4, -0.2) is 47.5 Å². The fraction of sp³-hybridized carbons (Fsp3) is 0.636. The molecule has 0 atom stereocenters. The molecule has 0 radical (unpaired) electrons. The lowest BCUT2D eigenvalue weighted by molar-refractivity contribution is -0.130. The number of nitrogens with zero attached hydrogens (tertiary/aromatic N) is 3. The number of hydrogen-bond acceptors (Lipinski definition) is 3. The van der Waals surface area contributed by atoms with Gasteiger partial charge in [0.25, 0.3) is 0 Å². The Bertz CT molecular complexity index is 334. The Kier molecular flexibility index (Phi) is 4.98. The molecule has 0 saturated carbocycles. The zero-order valence-corrected chi connectivity index (χ0v) is 10.2. The van der Waals surface area contributed by atoms with Crippen LogP contribution in [0, 0.1) is 0 Å². The Morgan fingerprint density at radius 1 is 1.62 bits per heavy atom. The number of carbonyl (C=O) groups is 1. The lowest BCUT2D eigenvalue weighted by atomic mass is 10.3. The third-order valence-corrected chi connectivity index (χ3v) is 2.54. The highest BCUT2D eigenvalue weighted by molar-refractivity contribution is 5.75. The van der Waals surface area contributed by atoms with Crippen LogP contribution >= 0.6 is 0 Å². The third kappa shape index (κ3) is 3.66. The van der Waals surface area contributed by atoms with Crippen LogP contribution < -0.4 is 5.32 Å². The van der Waals surface area contributed by atoms with Crippen LogP contribution in [0.3, 0.4) is 0 Å². The Balaban J connectivity index is 2.48. The van der Waals surface area contributed by atoms with Gasteiger partial charge in [-0.15, -0.1) is 0 Å². The molecule has 16 heavy (non-hydrogen) atoms. The average molecular weight is 224 g/mol. The van der Waals surface area contributed by atoms with E-state index in [1.54, 1.807) is 18.3 Å². The summed E-state index contributed by atoms with van der Waals surface area (Å²) in [7, 11) is 3.72. The topological polar surface area (TPSA) is 50.2 Å². The zero-order valence-electron chi connectivity index (χ0n) is 10.2. The fourth-order valence-corrected chi connectivity index (χ4v) is 1.33. The Hall–Kier alpha value is -1.36. The summed E-state index contributed by atoms with van der Waals surface area (Å²) in [6.07, 6.45) is 4.53. The summed E-state index contributed by atoms with van der Waals surface area (Å²) in [6.45, 7) is 3.97. The standard InChI is InChI=1S/C11H20N4O/c1-4-14(3)11(16)8-15-7-10(13-9-15)5-6-12-2/h7,9,12H,4-6,8H2,1-3H3. The summed E-state index contributed by atoms with van der Waals surface area (Å²) in [6, 6.07) is 0. The number of carbonyl (C=O) groups excluding carboxylic acids is 1. The molecule has 1 aromatic heterocycles. The molecule has 0 aliphatic heterocycles. The monoisotopic (exact) mass is 224 g/mol. The smallest absolute Gasteiger partial charge is 0.242 e. The predicted molar refractivity (Wildman–Crippen MR) is 63.2 cm³/mol. The molecular formula is C11H20N4O. The number of imidazole rings is 1. The van der Waals surface area contributed by atoms with Gasteiger partial charge in [-0.05, 0) is 14.0 Å². The van der Waals surface area contributed by atoms with Gasteiger partial charge < -0.3 is 14.8 Å². The van der Waals surface area contributed by atoms with Crippen LogP contribution in [0.4, 0.5) is 0 Å². The van der Waals surface area contributed by atoms with Gasteiger partial charge in [0.1, 0.15) is 6.54 Å². The van der Waals surface area contributed by atoms with Gasteiger partial charge in [0.2, 0.25) is 5.91 Å². The van der Waals surface area contributed by atoms with Crippen LogP contribution in [0.15, 0.2) is 12.5 Å². The summed E-state index contributed by atoms with van der Waals surface area (Å²) in [5.41, 5.74) is 1.02. The Labute approximate surface area is 96.5 Å². The molecular weight excluding hydrogens is 204 g/mol. The van der Waals surface area contributed by atoms with Crippen molar-refractivity contribution in [3.05, 3.63) is 18.2 Å². The molecule has 90 valence electrons. The van der Waals surface area contributed by atoms with Crippen molar-refractivity contribution < 1.29 is 4.79 Å². The van der Waals surface area contributed by atoms with E-state index in [1.807, 2.05) is 24.7 Å². The molecule has 5 heteroatoms. The van der Waals surface area contributed by atoms with E-state index in [1.165, 1.54) is 0 Å². The van der Waals surface area contributed by atoms with Gasteiger partial charge in [0, 0.05) is 32.8 Å². The number of nitrogens with one attached hydrogen (secondary N) is 1. The minimum absolute atomic E-state index is 0.111. The van der Waals surface area contributed by atoms with Gasteiger partial charge in [-0.25, -0.2) is 4.98 Å². The maximum Gasteiger partial charge on any atom is 0.242 e. The summed E-state index contributed by atoms with van der Waals surface area (Å²) in [5.74, 6) is 0.111. The van der Waals surface area contributed by atoms with E-state index in [2.05, 4.69) is 10.3 Å². The molecule has 0 aliphatic carbocycles. The molecule has 0 bridgehead atoms. The lowest BCUT2D eigenvalue weighted by Gasteiger charge is -2.14. The van der Waals surface area contributed by atoms with Crippen LogP contribution in [0.25, 0.3) is 0 Å². The minimum atomic E-state index is 0.111. The Morgan fingerprint density at radius 3 is 3.00 bits per heavy atom. The first-order chi connectivity index (χ1) is 7.67. The van der Waals surface area contributed by atoms with Gasteiger partial charge in [0.05, 0.1) is 12.0 Å². The second-order valence-corrected chi connectivity index (χ2v) is 3.80. The van der Waals surface area contributed by atoms with Crippen molar-refractivity contribution in [1.82, 2.24) is 19.8 Å². The highest BCUT2D eigenvalue weighted by Gasteiger charge is 2.07. The normalized spacial score (nSPS) is 10.4. The van der Waals surface area contributed by atoms with Crippen molar-refractivity contribution in [2.45, 2.75) is 19.9 Å². The van der Waals surface area contributed by atoms with Crippen LogP contribution in [0.5, 0.6) is 0 Å². The van der Waals surface area contributed by atoms with Gasteiger partial charge in [0.15, 0.2) is 0 Å². The minimum Gasteiger partial charge on any atom is -0.344 e. The van der Waals surface area contributed by atoms with Crippen molar-refractivity contribution in [1.29, 1.82) is 0 Å². The van der Waals surface area contributed by atoms with E-state index in [-0.39, 0.29) is 5.91 Å². The summed E-state index contributed by atoms with van der Waals surface area (Å²) in [5, 5.41) is 3.07. The van der Waals surface area contributed by atoms with Crippen molar-refractivity contribution in [3.8, 4) is 0 Å². The van der Waals surface area contributed by atoms with Crippen LogP contribution in [-0.2, 0) is 17.8 Å². The number of aromatic nitrogens is 2. The quantitative estimate of drug-likeness (QED) is 0.747.